The first-order valence-corrected chi connectivity index (χ1v) is 8.13. The Morgan fingerprint density at radius 2 is 1.87 bits per heavy atom. The van der Waals surface area contributed by atoms with Gasteiger partial charge in [0, 0.05) is 24.0 Å². The van der Waals surface area contributed by atoms with Gasteiger partial charge in [-0.1, -0.05) is 29.8 Å². The predicted molar refractivity (Wildman–Crippen MR) is 88.8 cm³/mol. The van der Waals surface area contributed by atoms with Gasteiger partial charge < -0.3 is 15.0 Å². The highest BCUT2D eigenvalue weighted by molar-refractivity contribution is 6.38. The molecule has 0 bridgehead atoms. The number of halogens is 1. The largest absolute Gasteiger partial charge is 0.481 e. The molecule has 1 aromatic heterocycles. The van der Waals surface area contributed by atoms with Gasteiger partial charge >= 0.3 is 5.97 Å². The summed E-state index contributed by atoms with van der Waals surface area (Å²) in [7, 11) is 1.82. The molecule has 122 valence electrons. The molecule has 0 spiro atoms. The van der Waals surface area contributed by atoms with E-state index in [4.69, 9.17) is 16.7 Å². The van der Waals surface area contributed by atoms with E-state index in [9.17, 15) is 9.59 Å². The van der Waals surface area contributed by atoms with Crippen molar-refractivity contribution < 1.29 is 14.7 Å². The Hall–Kier alpha value is -2.01. The van der Waals surface area contributed by atoms with Crippen LogP contribution in [-0.2, 0) is 11.8 Å². The molecule has 0 unspecified atom stereocenters. The van der Waals surface area contributed by atoms with Crippen LogP contribution in [-0.4, -0.2) is 27.6 Å². The van der Waals surface area contributed by atoms with E-state index in [1.54, 1.807) is 4.57 Å². The normalized spacial score (nSPS) is 21.3. The van der Waals surface area contributed by atoms with Gasteiger partial charge in [0.2, 0.25) is 0 Å². The molecule has 1 aromatic carbocycles. The standard InChI is InChI=1S/C17H19ClN2O3/c1-20-13-5-3-2-4-12(13)14(18)15(20)16(21)19-11-8-6-10(7-9-11)17(22)23/h2-5,10-11H,6-9H2,1H3,(H,19,21)(H,22,23). The Kier molecular flexibility index (Phi) is 4.31. The summed E-state index contributed by atoms with van der Waals surface area (Å²) in [4.78, 5) is 23.6. The van der Waals surface area contributed by atoms with E-state index in [1.165, 1.54) is 0 Å². The molecular weight excluding hydrogens is 316 g/mol. The molecule has 1 aliphatic carbocycles. The second kappa shape index (κ2) is 6.24. The first-order valence-electron chi connectivity index (χ1n) is 7.75. The average molecular weight is 335 g/mol. The number of carbonyl (C=O) groups is 2. The van der Waals surface area contributed by atoms with Gasteiger partial charge in [-0.15, -0.1) is 0 Å². The lowest BCUT2D eigenvalue weighted by Gasteiger charge is -2.26. The number of rotatable bonds is 3. The molecule has 1 amide bonds. The maximum Gasteiger partial charge on any atom is 0.306 e. The van der Waals surface area contributed by atoms with Crippen LogP contribution in [0, 0.1) is 5.92 Å². The summed E-state index contributed by atoms with van der Waals surface area (Å²) in [5, 5.41) is 13.3. The third-order valence-corrected chi connectivity index (χ3v) is 5.05. The zero-order valence-corrected chi connectivity index (χ0v) is 13.6. The number of amides is 1. The summed E-state index contributed by atoms with van der Waals surface area (Å²) < 4.78 is 1.80. The van der Waals surface area contributed by atoms with Crippen molar-refractivity contribution in [3.63, 3.8) is 0 Å². The number of hydrogen-bond donors (Lipinski definition) is 2. The summed E-state index contributed by atoms with van der Waals surface area (Å²) in [6.45, 7) is 0. The van der Waals surface area contributed by atoms with Crippen LogP contribution >= 0.6 is 11.6 Å². The highest BCUT2D eigenvalue weighted by Crippen LogP contribution is 2.30. The van der Waals surface area contributed by atoms with Gasteiger partial charge in [-0.2, -0.15) is 0 Å². The van der Waals surface area contributed by atoms with Crippen molar-refractivity contribution in [2.24, 2.45) is 13.0 Å². The fourth-order valence-corrected chi connectivity index (χ4v) is 3.71. The van der Waals surface area contributed by atoms with Crippen LogP contribution in [0.15, 0.2) is 24.3 Å². The van der Waals surface area contributed by atoms with E-state index in [0.717, 1.165) is 10.9 Å². The first-order chi connectivity index (χ1) is 11.0. The number of nitrogens with zero attached hydrogens (tertiary/aromatic N) is 1. The van der Waals surface area contributed by atoms with Crippen molar-refractivity contribution in [3.05, 3.63) is 35.0 Å². The SMILES string of the molecule is Cn1c(C(=O)NC2CCC(C(=O)O)CC2)c(Cl)c2ccccc21. The summed E-state index contributed by atoms with van der Waals surface area (Å²) in [5.74, 6) is -1.23. The Morgan fingerprint density at radius 3 is 2.48 bits per heavy atom. The molecule has 2 N–H and O–H groups in total. The van der Waals surface area contributed by atoms with E-state index in [-0.39, 0.29) is 17.9 Å². The number of carboxylic acids is 1. The molecule has 1 aliphatic rings. The predicted octanol–water partition coefficient (Wildman–Crippen LogP) is 3.20. The van der Waals surface area contributed by atoms with Crippen LogP contribution in [0.2, 0.25) is 5.02 Å². The van der Waals surface area contributed by atoms with Gasteiger partial charge in [-0.25, -0.2) is 0 Å². The number of hydrogen-bond acceptors (Lipinski definition) is 2. The highest BCUT2D eigenvalue weighted by Gasteiger charge is 2.28. The van der Waals surface area contributed by atoms with Crippen molar-refractivity contribution in [1.29, 1.82) is 0 Å². The van der Waals surface area contributed by atoms with E-state index in [1.807, 2.05) is 31.3 Å². The quantitative estimate of drug-likeness (QED) is 0.905. The van der Waals surface area contributed by atoms with E-state index in [0.29, 0.717) is 36.4 Å². The molecular formula is C17H19ClN2O3. The Bertz CT molecular complexity index is 722. The number of para-hydroxylation sites is 1. The number of aromatic nitrogens is 1. The monoisotopic (exact) mass is 334 g/mol. The topological polar surface area (TPSA) is 71.3 Å². The lowest BCUT2D eigenvalue weighted by atomic mass is 9.86. The third-order valence-electron chi connectivity index (χ3n) is 4.67. The van der Waals surface area contributed by atoms with E-state index >= 15 is 0 Å². The molecule has 5 nitrogen and oxygen atoms in total. The lowest BCUT2D eigenvalue weighted by Crippen LogP contribution is -2.39. The maximum atomic E-state index is 12.6. The Labute approximate surface area is 139 Å². The van der Waals surface area contributed by atoms with Crippen molar-refractivity contribution in [2.45, 2.75) is 31.7 Å². The smallest absolute Gasteiger partial charge is 0.306 e. The molecule has 1 saturated carbocycles. The molecule has 0 atom stereocenters. The minimum atomic E-state index is -0.744. The highest BCUT2D eigenvalue weighted by atomic mass is 35.5. The maximum absolute atomic E-state index is 12.6. The second-order valence-electron chi connectivity index (χ2n) is 6.10. The fourth-order valence-electron chi connectivity index (χ4n) is 3.34. The van der Waals surface area contributed by atoms with Crippen LogP contribution in [0.1, 0.15) is 36.2 Å². The zero-order chi connectivity index (χ0) is 16.6. The number of nitrogens with one attached hydrogen (secondary N) is 1. The van der Waals surface area contributed by atoms with E-state index < -0.39 is 5.97 Å². The van der Waals surface area contributed by atoms with Crippen LogP contribution in [0.3, 0.4) is 0 Å². The molecule has 6 heteroatoms. The second-order valence-corrected chi connectivity index (χ2v) is 6.48. The first kappa shape index (κ1) is 15.9. The molecule has 3 rings (SSSR count). The molecule has 1 fully saturated rings. The Morgan fingerprint density at radius 1 is 1.22 bits per heavy atom. The van der Waals surface area contributed by atoms with Gasteiger partial charge in [-0.3, -0.25) is 9.59 Å². The minimum Gasteiger partial charge on any atom is -0.481 e. The van der Waals surface area contributed by atoms with Gasteiger partial charge in [-0.05, 0) is 31.7 Å². The van der Waals surface area contributed by atoms with Gasteiger partial charge in [0.15, 0.2) is 0 Å². The number of carbonyl (C=O) groups excluding carboxylic acids is 1. The van der Waals surface area contributed by atoms with Crippen LogP contribution in [0.4, 0.5) is 0 Å². The number of benzene rings is 1. The van der Waals surface area contributed by atoms with Crippen molar-refractivity contribution in [1.82, 2.24) is 9.88 Å². The Balaban J connectivity index is 1.76. The molecule has 1 heterocycles. The molecule has 0 saturated heterocycles. The zero-order valence-electron chi connectivity index (χ0n) is 12.9. The average Bonchev–Trinajstić information content (AvgIpc) is 2.80. The van der Waals surface area contributed by atoms with Crippen molar-refractivity contribution >= 4 is 34.4 Å². The molecule has 0 aliphatic heterocycles. The van der Waals surface area contributed by atoms with Crippen molar-refractivity contribution in [3.8, 4) is 0 Å². The van der Waals surface area contributed by atoms with Crippen LogP contribution < -0.4 is 5.32 Å². The molecule has 2 aromatic rings. The number of aliphatic carboxylic acids is 1. The summed E-state index contributed by atoms with van der Waals surface area (Å²) in [6, 6.07) is 7.63. The van der Waals surface area contributed by atoms with Crippen LogP contribution in [0.25, 0.3) is 10.9 Å². The fraction of sp³-hybridized carbons (Fsp3) is 0.412. The summed E-state index contributed by atoms with van der Waals surface area (Å²) >= 11 is 6.38. The summed E-state index contributed by atoms with van der Waals surface area (Å²) in [6.07, 6.45) is 2.57. The molecule has 0 radical (unpaired) electrons. The van der Waals surface area contributed by atoms with Crippen LogP contribution in [0.5, 0.6) is 0 Å². The van der Waals surface area contributed by atoms with Gasteiger partial charge in [0.1, 0.15) is 5.69 Å². The lowest BCUT2D eigenvalue weighted by molar-refractivity contribution is -0.142. The van der Waals surface area contributed by atoms with Gasteiger partial charge in [0.25, 0.3) is 5.91 Å². The summed E-state index contributed by atoms with van der Waals surface area (Å²) in [5.41, 5.74) is 1.37. The van der Waals surface area contributed by atoms with Gasteiger partial charge in [0.05, 0.1) is 10.9 Å². The molecule has 23 heavy (non-hydrogen) atoms. The number of aryl methyl sites for hydroxylation is 1. The van der Waals surface area contributed by atoms with Crippen molar-refractivity contribution in [2.75, 3.05) is 0 Å². The third kappa shape index (κ3) is 2.93. The number of carboxylic acid groups (broad SMARTS) is 1. The minimum absolute atomic E-state index is 0.00665. The number of fused-ring (bicyclic) bond motifs is 1. The van der Waals surface area contributed by atoms with E-state index in [2.05, 4.69) is 5.32 Å².